The molecule has 0 bridgehead atoms. The first kappa shape index (κ1) is 14.4. The van der Waals surface area contributed by atoms with Crippen LogP contribution in [-0.4, -0.2) is 28.0 Å². The highest BCUT2D eigenvalue weighted by Gasteiger charge is 2.07. The molecule has 0 atom stereocenters. The highest BCUT2D eigenvalue weighted by Crippen LogP contribution is 2.09. The van der Waals surface area contributed by atoms with Crippen LogP contribution in [0.2, 0.25) is 0 Å². The molecule has 6 nitrogen and oxygen atoms in total. The SMILES string of the molecule is O=C(NCc1nnc(CCO)s1)OCc1ccccc1. The van der Waals surface area contributed by atoms with Crippen molar-refractivity contribution in [3.8, 4) is 0 Å². The zero-order valence-electron chi connectivity index (χ0n) is 10.8. The number of amides is 1. The molecular formula is C13H15N3O3S. The summed E-state index contributed by atoms with van der Waals surface area (Å²) in [5.41, 5.74) is 0.934. The van der Waals surface area contributed by atoms with E-state index in [-0.39, 0.29) is 19.8 Å². The normalized spacial score (nSPS) is 10.2. The molecule has 0 aliphatic rings. The van der Waals surface area contributed by atoms with Crippen LogP contribution < -0.4 is 5.32 Å². The van der Waals surface area contributed by atoms with E-state index >= 15 is 0 Å². The number of aromatic nitrogens is 2. The van der Waals surface area contributed by atoms with Crippen molar-refractivity contribution < 1.29 is 14.6 Å². The second-order valence-corrected chi connectivity index (χ2v) is 5.13. The summed E-state index contributed by atoms with van der Waals surface area (Å²) in [5, 5.41) is 20.6. The van der Waals surface area contributed by atoms with E-state index in [1.165, 1.54) is 11.3 Å². The van der Waals surface area contributed by atoms with Crippen LogP contribution >= 0.6 is 11.3 Å². The van der Waals surface area contributed by atoms with Gasteiger partial charge in [0, 0.05) is 13.0 Å². The number of rotatable bonds is 6. The lowest BCUT2D eigenvalue weighted by atomic mass is 10.2. The molecule has 2 rings (SSSR count). The first-order chi connectivity index (χ1) is 9.78. The van der Waals surface area contributed by atoms with Gasteiger partial charge in [0.1, 0.15) is 16.6 Å². The van der Waals surface area contributed by atoms with Crippen molar-refractivity contribution in [1.29, 1.82) is 0 Å². The minimum atomic E-state index is -0.493. The van der Waals surface area contributed by atoms with Crippen LogP contribution in [0.4, 0.5) is 4.79 Å². The van der Waals surface area contributed by atoms with E-state index in [1.54, 1.807) is 0 Å². The highest BCUT2D eigenvalue weighted by atomic mass is 32.1. The lowest BCUT2D eigenvalue weighted by Gasteiger charge is -2.05. The Hall–Kier alpha value is -1.99. The maximum absolute atomic E-state index is 11.5. The second kappa shape index (κ2) is 7.56. The molecule has 0 spiro atoms. The Morgan fingerprint density at radius 1 is 1.25 bits per heavy atom. The van der Waals surface area contributed by atoms with Crippen molar-refractivity contribution >= 4 is 17.4 Å². The molecular weight excluding hydrogens is 278 g/mol. The first-order valence-electron chi connectivity index (χ1n) is 6.14. The minimum absolute atomic E-state index is 0.0428. The Labute approximate surface area is 120 Å². The third-order valence-electron chi connectivity index (χ3n) is 2.43. The molecule has 2 aromatic rings. The molecule has 2 N–H and O–H groups in total. The average Bonchev–Trinajstić information content (AvgIpc) is 2.92. The lowest BCUT2D eigenvalue weighted by Crippen LogP contribution is -2.23. The monoisotopic (exact) mass is 293 g/mol. The lowest BCUT2D eigenvalue weighted by molar-refractivity contribution is 0.139. The van der Waals surface area contributed by atoms with E-state index in [9.17, 15) is 4.79 Å². The summed E-state index contributed by atoms with van der Waals surface area (Å²) in [4.78, 5) is 11.5. The van der Waals surface area contributed by atoms with Crippen LogP contribution in [0.1, 0.15) is 15.6 Å². The molecule has 106 valence electrons. The van der Waals surface area contributed by atoms with Gasteiger partial charge >= 0.3 is 6.09 Å². The van der Waals surface area contributed by atoms with Crippen LogP contribution in [0.5, 0.6) is 0 Å². The van der Waals surface area contributed by atoms with Crippen molar-refractivity contribution in [2.75, 3.05) is 6.61 Å². The molecule has 0 aliphatic carbocycles. The third kappa shape index (κ3) is 4.60. The van der Waals surface area contributed by atoms with Gasteiger partial charge in [0.25, 0.3) is 0 Å². The Bertz CT molecular complexity index is 545. The number of nitrogens with zero attached hydrogens (tertiary/aromatic N) is 2. The molecule has 1 amide bonds. The number of nitrogens with one attached hydrogen (secondary N) is 1. The molecule has 7 heteroatoms. The van der Waals surface area contributed by atoms with Gasteiger partial charge in [-0.15, -0.1) is 10.2 Å². The van der Waals surface area contributed by atoms with Gasteiger partial charge in [0.2, 0.25) is 0 Å². The van der Waals surface area contributed by atoms with Crippen molar-refractivity contribution in [3.63, 3.8) is 0 Å². The highest BCUT2D eigenvalue weighted by molar-refractivity contribution is 7.11. The first-order valence-corrected chi connectivity index (χ1v) is 6.96. The number of carbonyl (C=O) groups is 1. The molecule has 0 saturated heterocycles. The van der Waals surface area contributed by atoms with Gasteiger partial charge in [-0.05, 0) is 5.56 Å². The van der Waals surface area contributed by atoms with Crippen LogP contribution in [0.3, 0.4) is 0 Å². The van der Waals surface area contributed by atoms with Gasteiger partial charge in [0.15, 0.2) is 0 Å². The second-order valence-electron chi connectivity index (χ2n) is 3.98. The molecule has 20 heavy (non-hydrogen) atoms. The number of hydrogen-bond acceptors (Lipinski definition) is 6. The molecule has 1 aromatic carbocycles. The third-order valence-corrected chi connectivity index (χ3v) is 3.41. The van der Waals surface area contributed by atoms with Gasteiger partial charge in [-0.3, -0.25) is 0 Å². The molecule has 1 heterocycles. The summed E-state index contributed by atoms with van der Waals surface area (Å²) in [6.45, 7) is 0.552. The number of alkyl carbamates (subject to hydrolysis) is 1. The molecule has 1 aromatic heterocycles. The number of carbonyl (C=O) groups excluding carboxylic acids is 1. The van der Waals surface area contributed by atoms with E-state index in [4.69, 9.17) is 9.84 Å². The molecule has 0 aliphatic heterocycles. The zero-order valence-corrected chi connectivity index (χ0v) is 11.6. The zero-order chi connectivity index (χ0) is 14.2. The van der Waals surface area contributed by atoms with Gasteiger partial charge in [-0.2, -0.15) is 0 Å². The minimum Gasteiger partial charge on any atom is -0.445 e. The predicted molar refractivity (Wildman–Crippen MR) is 74.2 cm³/mol. The molecule has 0 fully saturated rings. The topological polar surface area (TPSA) is 84.3 Å². The van der Waals surface area contributed by atoms with E-state index in [2.05, 4.69) is 15.5 Å². The quantitative estimate of drug-likeness (QED) is 0.843. The van der Waals surface area contributed by atoms with Crippen molar-refractivity contribution in [2.45, 2.75) is 19.6 Å². The number of hydrogen-bond donors (Lipinski definition) is 2. The number of aliphatic hydroxyl groups excluding tert-OH is 1. The van der Waals surface area contributed by atoms with Crippen LogP contribution in [0.25, 0.3) is 0 Å². The van der Waals surface area contributed by atoms with Gasteiger partial charge in [0.05, 0.1) is 6.54 Å². The fourth-order valence-electron chi connectivity index (χ4n) is 1.48. The summed E-state index contributed by atoms with van der Waals surface area (Å²) in [6.07, 6.45) is -0.0106. The number of benzene rings is 1. The molecule has 0 saturated carbocycles. The predicted octanol–water partition coefficient (Wildman–Crippen LogP) is 1.50. The van der Waals surface area contributed by atoms with E-state index < -0.39 is 6.09 Å². The average molecular weight is 293 g/mol. The summed E-state index contributed by atoms with van der Waals surface area (Å²) >= 11 is 1.36. The summed E-state index contributed by atoms with van der Waals surface area (Å²) in [7, 11) is 0. The Morgan fingerprint density at radius 2 is 2.00 bits per heavy atom. The van der Waals surface area contributed by atoms with E-state index in [0.29, 0.717) is 11.4 Å². The summed E-state index contributed by atoms with van der Waals surface area (Å²) in [6, 6.07) is 9.46. The van der Waals surface area contributed by atoms with Gasteiger partial charge in [-0.25, -0.2) is 4.79 Å². The summed E-state index contributed by atoms with van der Waals surface area (Å²) < 4.78 is 5.07. The maximum atomic E-state index is 11.5. The summed E-state index contributed by atoms with van der Waals surface area (Å²) in [5.74, 6) is 0. The van der Waals surface area contributed by atoms with Crippen LogP contribution in [0, 0.1) is 0 Å². The Kier molecular flexibility index (Phi) is 5.45. The smallest absolute Gasteiger partial charge is 0.407 e. The number of aliphatic hydroxyl groups is 1. The fraction of sp³-hybridized carbons (Fsp3) is 0.308. The van der Waals surface area contributed by atoms with Crippen LogP contribution in [-0.2, 0) is 24.3 Å². The maximum Gasteiger partial charge on any atom is 0.407 e. The Balaban J connectivity index is 1.71. The molecule has 0 unspecified atom stereocenters. The number of ether oxygens (including phenoxy) is 1. The van der Waals surface area contributed by atoms with E-state index in [1.807, 2.05) is 30.3 Å². The van der Waals surface area contributed by atoms with Crippen molar-refractivity contribution in [1.82, 2.24) is 15.5 Å². The van der Waals surface area contributed by atoms with Crippen LogP contribution in [0.15, 0.2) is 30.3 Å². The fourth-order valence-corrected chi connectivity index (χ4v) is 2.25. The van der Waals surface area contributed by atoms with Crippen molar-refractivity contribution in [2.24, 2.45) is 0 Å². The Morgan fingerprint density at radius 3 is 2.75 bits per heavy atom. The van der Waals surface area contributed by atoms with Gasteiger partial charge in [-0.1, -0.05) is 41.7 Å². The van der Waals surface area contributed by atoms with E-state index in [0.717, 1.165) is 10.6 Å². The molecule has 0 radical (unpaired) electrons. The largest absolute Gasteiger partial charge is 0.445 e. The van der Waals surface area contributed by atoms with Crippen molar-refractivity contribution in [3.05, 3.63) is 45.9 Å². The standard InChI is InChI=1S/C13H15N3O3S/c17-7-6-11-15-16-12(20-11)8-14-13(18)19-9-10-4-2-1-3-5-10/h1-5,17H,6-9H2,(H,14,18). The van der Waals surface area contributed by atoms with Gasteiger partial charge < -0.3 is 15.2 Å².